The number of nitrogens with zero attached hydrogens (tertiary/aromatic N) is 3. The van der Waals surface area contributed by atoms with Crippen LogP contribution in [-0.4, -0.2) is 15.0 Å². The van der Waals surface area contributed by atoms with Crippen LogP contribution in [0.3, 0.4) is 0 Å². The highest BCUT2D eigenvalue weighted by molar-refractivity contribution is 5.93. The van der Waals surface area contributed by atoms with Crippen molar-refractivity contribution < 1.29 is 4.74 Å². The fourth-order valence-electron chi connectivity index (χ4n) is 1.97. The molecule has 3 aromatic rings. The Balaban J connectivity index is 2.11. The van der Waals surface area contributed by atoms with Crippen LogP contribution in [0.2, 0.25) is 0 Å². The second-order valence-corrected chi connectivity index (χ2v) is 4.56. The van der Waals surface area contributed by atoms with Crippen LogP contribution in [-0.2, 0) is 0 Å². The molecule has 0 saturated heterocycles. The van der Waals surface area contributed by atoms with Crippen molar-refractivity contribution in [2.45, 2.75) is 13.8 Å². The summed E-state index contributed by atoms with van der Waals surface area (Å²) >= 11 is 0. The molecule has 20 heavy (non-hydrogen) atoms. The zero-order valence-electron chi connectivity index (χ0n) is 11.3. The second-order valence-electron chi connectivity index (χ2n) is 4.56. The van der Waals surface area contributed by atoms with Crippen LogP contribution < -0.4 is 10.5 Å². The lowest BCUT2D eigenvalue weighted by molar-refractivity contribution is 0.459. The van der Waals surface area contributed by atoms with E-state index in [-0.39, 0.29) is 0 Å². The molecule has 0 spiro atoms. The van der Waals surface area contributed by atoms with E-state index in [1.165, 1.54) is 0 Å². The molecule has 0 aliphatic carbocycles. The third-order valence-corrected chi connectivity index (χ3v) is 3.00. The average molecular weight is 266 g/mol. The van der Waals surface area contributed by atoms with Gasteiger partial charge in [0.15, 0.2) is 0 Å². The van der Waals surface area contributed by atoms with Crippen LogP contribution in [0.5, 0.6) is 11.6 Å². The molecular formula is C15H14N4O. The van der Waals surface area contributed by atoms with E-state index in [2.05, 4.69) is 15.0 Å². The number of aryl methyl sites for hydroxylation is 2. The van der Waals surface area contributed by atoms with Gasteiger partial charge in [0.05, 0.1) is 22.6 Å². The minimum absolute atomic E-state index is 0.500. The van der Waals surface area contributed by atoms with Crippen molar-refractivity contribution in [3.05, 3.63) is 48.0 Å². The lowest BCUT2D eigenvalue weighted by atomic mass is 10.2. The summed E-state index contributed by atoms with van der Waals surface area (Å²) in [6.45, 7) is 3.74. The van der Waals surface area contributed by atoms with Gasteiger partial charge in [-0.15, -0.1) is 0 Å². The number of hydrogen-bond acceptors (Lipinski definition) is 5. The zero-order chi connectivity index (χ0) is 14.1. The maximum absolute atomic E-state index is 5.93. The first-order valence-electron chi connectivity index (χ1n) is 6.26. The Morgan fingerprint density at radius 2 is 1.95 bits per heavy atom. The highest BCUT2D eigenvalue weighted by Crippen LogP contribution is 2.31. The summed E-state index contributed by atoms with van der Waals surface area (Å²) in [6.07, 6.45) is 3.42. The molecule has 0 aliphatic heterocycles. The van der Waals surface area contributed by atoms with Crippen molar-refractivity contribution in [3.8, 4) is 11.6 Å². The van der Waals surface area contributed by atoms with Gasteiger partial charge >= 0.3 is 0 Å². The van der Waals surface area contributed by atoms with E-state index in [1.807, 2.05) is 32.0 Å². The molecule has 100 valence electrons. The molecule has 0 radical (unpaired) electrons. The van der Waals surface area contributed by atoms with Gasteiger partial charge in [-0.05, 0) is 38.1 Å². The fraction of sp³-hybridized carbons (Fsp3) is 0.133. The third-order valence-electron chi connectivity index (χ3n) is 3.00. The molecule has 0 bridgehead atoms. The molecular weight excluding hydrogens is 252 g/mol. The number of ether oxygens (including phenoxy) is 1. The van der Waals surface area contributed by atoms with Crippen molar-refractivity contribution in [2.24, 2.45) is 0 Å². The SMILES string of the molecule is Cc1cnc(C)c(Oc2ccc(N)c3ncccc23)n1. The molecule has 2 heterocycles. The molecule has 0 unspecified atom stereocenters. The van der Waals surface area contributed by atoms with E-state index in [1.54, 1.807) is 18.5 Å². The third kappa shape index (κ3) is 2.14. The van der Waals surface area contributed by atoms with Crippen LogP contribution in [0.15, 0.2) is 36.7 Å². The maximum atomic E-state index is 5.93. The lowest BCUT2D eigenvalue weighted by Crippen LogP contribution is -1.97. The quantitative estimate of drug-likeness (QED) is 0.722. The number of fused-ring (bicyclic) bond motifs is 1. The van der Waals surface area contributed by atoms with Crippen molar-refractivity contribution in [1.29, 1.82) is 0 Å². The summed E-state index contributed by atoms with van der Waals surface area (Å²) in [4.78, 5) is 12.9. The van der Waals surface area contributed by atoms with Gasteiger partial charge in [0.25, 0.3) is 0 Å². The Morgan fingerprint density at radius 1 is 1.10 bits per heavy atom. The van der Waals surface area contributed by atoms with Gasteiger partial charge in [0, 0.05) is 17.8 Å². The molecule has 0 fully saturated rings. The number of nitrogen functional groups attached to an aromatic ring is 1. The molecule has 3 rings (SSSR count). The maximum Gasteiger partial charge on any atom is 0.241 e. The van der Waals surface area contributed by atoms with E-state index in [4.69, 9.17) is 10.5 Å². The minimum Gasteiger partial charge on any atom is -0.437 e. The lowest BCUT2D eigenvalue weighted by Gasteiger charge is -2.10. The van der Waals surface area contributed by atoms with E-state index < -0.39 is 0 Å². The van der Waals surface area contributed by atoms with Crippen LogP contribution in [0.25, 0.3) is 10.9 Å². The number of rotatable bonds is 2. The van der Waals surface area contributed by atoms with Crippen LogP contribution >= 0.6 is 0 Å². The number of benzene rings is 1. The highest BCUT2D eigenvalue weighted by atomic mass is 16.5. The van der Waals surface area contributed by atoms with Crippen molar-refractivity contribution in [1.82, 2.24) is 15.0 Å². The summed E-state index contributed by atoms with van der Waals surface area (Å²) in [6, 6.07) is 7.38. The predicted molar refractivity (Wildman–Crippen MR) is 77.7 cm³/mol. The predicted octanol–water partition coefficient (Wildman–Crippen LogP) is 3.02. The van der Waals surface area contributed by atoms with Crippen molar-refractivity contribution in [2.75, 3.05) is 5.73 Å². The Labute approximate surface area is 116 Å². The van der Waals surface area contributed by atoms with E-state index in [0.29, 0.717) is 17.3 Å². The Morgan fingerprint density at radius 3 is 2.80 bits per heavy atom. The van der Waals surface area contributed by atoms with Gasteiger partial charge in [-0.1, -0.05) is 0 Å². The first-order chi connectivity index (χ1) is 9.65. The average Bonchev–Trinajstić information content (AvgIpc) is 2.46. The van der Waals surface area contributed by atoms with Gasteiger partial charge in [-0.3, -0.25) is 9.97 Å². The number of anilines is 1. The van der Waals surface area contributed by atoms with E-state index in [0.717, 1.165) is 22.3 Å². The summed E-state index contributed by atoms with van der Waals surface area (Å²) in [7, 11) is 0. The standard InChI is InChI=1S/C15H14N4O/c1-9-8-18-10(2)15(19-9)20-13-6-5-12(16)14-11(13)4-3-7-17-14/h3-8H,16H2,1-2H3. The van der Waals surface area contributed by atoms with Crippen LogP contribution in [0.4, 0.5) is 5.69 Å². The zero-order valence-corrected chi connectivity index (χ0v) is 11.3. The largest absolute Gasteiger partial charge is 0.437 e. The van der Waals surface area contributed by atoms with Gasteiger partial charge in [0.2, 0.25) is 5.88 Å². The summed E-state index contributed by atoms with van der Waals surface area (Å²) < 4.78 is 5.89. The summed E-state index contributed by atoms with van der Waals surface area (Å²) in [5.74, 6) is 1.17. The highest BCUT2D eigenvalue weighted by Gasteiger charge is 2.10. The Bertz CT molecular complexity index is 786. The molecule has 0 aliphatic rings. The summed E-state index contributed by atoms with van der Waals surface area (Å²) in [5, 5.41) is 0.857. The first-order valence-corrected chi connectivity index (χ1v) is 6.26. The Hall–Kier alpha value is -2.69. The number of nitrogens with two attached hydrogens (primary N) is 1. The van der Waals surface area contributed by atoms with Crippen molar-refractivity contribution in [3.63, 3.8) is 0 Å². The van der Waals surface area contributed by atoms with Crippen LogP contribution in [0.1, 0.15) is 11.4 Å². The first kappa shape index (κ1) is 12.3. The molecule has 5 heteroatoms. The molecule has 1 aromatic carbocycles. The number of pyridine rings is 1. The molecule has 0 saturated carbocycles. The van der Waals surface area contributed by atoms with E-state index >= 15 is 0 Å². The number of hydrogen-bond donors (Lipinski definition) is 1. The van der Waals surface area contributed by atoms with Gasteiger partial charge in [-0.2, -0.15) is 0 Å². The Kier molecular flexibility index (Phi) is 2.95. The fourth-order valence-corrected chi connectivity index (χ4v) is 1.97. The number of aromatic nitrogens is 3. The topological polar surface area (TPSA) is 73.9 Å². The van der Waals surface area contributed by atoms with Crippen molar-refractivity contribution >= 4 is 16.6 Å². The van der Waals surface area contributed by atoms with Gasteiger partial charge in [0.1, 0.15) is 5.75 Å². The monoisotopic (exact) mass is 266 g/mol. The van der Waals surface area contributed by atoms with Crippen LogP contribution in [0, 0.1) is 13.8 Å². The molecule has 2 N–H and O–H groups in total. The molecule has 0 amide bonds. The second kappa shape index (κ2) is 4.77. The van der Waals surface area contributed by atoms with Gasteiger partial charge < -0.3 is 10.5 Å². The summed E-state index contributed by atoms with van der Waals surface area (Å²) in [5.41, 5.74) is 8.83. The van der Waals surface area contributed by atoms with Gasteiger partial charge in [-0.25, -0.2) is 4.98 Å². The minimum atomic E-state index is 0.500. The smallest absolute Gasteiger partial charge is 0.241 e. The molecule has 0 atom stereocenters. The van der Waals surface area contributed by atoms with E-state index in [9.17, 15) is 0 Å². The molecule has 5 nitrogen and oxygen atoms in total. The molecule has 2 aromatic heterocycles. The normalized spacial score (nSPS) is 10.7.